The van der Waals surface area contributed by atoms with Gasteiger partial charge in [0.1, 0.15) is 42.7 Å². The Morgan fingerprint density at radius 3 is 2.05 bits per heavy atom. The number of aliphatic hydroxyl groups is 9. The molecule has 0 amide bonds. The Hall–Kier alpha value is -0.560. The third kappa shape index (κ3) is 5.70. The molecule has 3 heterocycles. The highest BCUT2D eigenvalue weighted by Gasteiger charge is 2.85. The minimum Gasteiger partial charge on any atom is -0.394 e. The molecule has 4 unspecified atom stereocenters. The maximum atomic E-state index is 12.2. The summed E-state index contributed by atoms with van der Waals surface area (Å²) in [6.07, 6.45) is -7.48. The van der Waals surface area contributed by atoms with Gasteiger partial charge in [0, 0.05) is 5.92 Å². The lowest BCUT2D eigenvalue weighted by molar-refractivity contribution is -0.339. The van der Waals surface area contributed by atoms with Gasteiger partial charge in [-0.25, -0.2) is 0 Å². The van der Waals surface area contributed by atoms with E-state index >= 15 is 0 Å². The first-order chi connectivity index (χ1) is 25.5. The van der Waals surface area contributed by atoms with Crippen LogP contribution in [0.15, 0.2) is 0 Å². The fourth-order valence-corrected chi connectivity index (χ4v) is 14.9. The molecular weight excluding hydrogens is 716 g/mol. The van der Waals surface area contributed by atoms with E-state index < -0.39 is 96.8 Å². The van der Waals surface area contributed by atoms with E-state index in [1.165, 1.54) is 0 Å². The standard InChI is InChI=1S/C41H68O14/c1-35(2)24(54-33-29(48)26(45)20(44)17-51-33)9-11-41-18-40(41)13-12-37(5)31(39(7)10-8-25(55-39)36(3,4)50)19(43)15-38(37,6)23(40)14-21(32(35)41)52-34-30(49)28(47)27(46)22(16-42)53-34/h19-34,42-50H,8-18H2,1-7H3/t19-,20+,21-,22+,23-,24?,25-,26-,27+,28-,29+,30+,31-,32-,33-,34?,37+,38-,39+,40?,41?/m0/s1. The van der Waals surface area contributed by atoms with Crippen molar-refractivity contribution in [3.05, 3.63) is 0 Å². The van der Waals surface area contributed by atoms with Crippen molar-refractivity contribution in [2.75, 3.05) is 13.2 Å². The molecule has 0 bridgehead atoms. The fourth-order valence-electron chi connectivity index (χ4n) is 14.9. The van der Waals surface area contributed by atoms with Crippen LogP contribution >= 0.6 is 0 Å². The molecule has 5 saturated carbocycles. The van der Waals surface area contributed by atoms with E-state index in [9.17, 15) is 46.0 Å². The molecule has 5 aliphatic carbocycles. The Balaban J connectivity index is 1.15. The monoisotopic (exact) mass is 784 g/mol. The van der Waals surface area contributed by atoms with Gasteiger partial charge in [-0.2, -0.15) is 0 Å². The maximum absolute atomic E-state index is 12.2. The summed E-state index contributed by atoms with van der Waals surface area (Å²) in [4.78, 5) is 0. The highest BCUT2D eigenvalue weighted by atomic mass is 16.7. The Labute approximate surface area is 324 Å². The zero-order chi connectivity index (χ0) is 40.1. The molecule has 2 spiro atoms. The van der Waals surface area contributed by atoms with Gasteiger partial charge in [0.2, 0.25) is 0 Å². The summed E-state index contributed by atoms with van der Waals surface area (Å²) in [6, 6.07) is 0. The minimum absolute atomic E-state index is 0.0633. The molecule has 8 aliphatic rings. The molecule has 21 atom stereocenters. The third-order valence-electron chi connectivity index (χ3n) is 17.6. The average molecular weight is 785 g/mol. The molecule has 0 radical (unpaired) electrons. The van der Waals surface area contributed by atoms with Crippen molar-refractivity contribution in [1.29, 1.82) is 0 Å². The summed E-state index contributed by atoms with van der Waals surface area (Å²) in [6.45, 7) is 13.8. The van der Waals surface area contributed by atoms with Gasteiger partial charge in [-0.1, -0.05) is 27.7 Å². The predicted octanol–water partition coefficient (Wildman–Crippen LogP) is 0.724. The first kappa shape index (κ1) is 41.2. The van der Waals surface area contributed by atoms with Gasteiger partial charge in [-0.15, -0.1) is 0 Å². The second kappa shape index (κ2) is 13.2. The van der Waals surface area contributed by atoms with Crippen LogP contribution in [0.5, 0.6) is 0 Å². The summed E-state index contributed by atoms with van der Waals surface area (Å²) in [7, 11) is 0. The number of hydrogen-bond acceptors (Lipinski definition) is 14. The first-order valence-corrected chi connectivity index (χ1v) is 20.9. The fraction of sp³-hybridized carbons (Fsp3) is 1.00. The smallest absolute Gasteiger partial charge is 0.186 e. The van der Waals surface area contributed by atoms with Gasteiger partial charge in [-0.05, 0) is 117 Å². The summed E-state index contributed by atoms with van der Waals surface area (Å²) in [5, 5.41) is 97.2. The number of fused-ring (bicyclic) bond motifs is 2. The largest absolute Gasteiger partial charge is 0.394 e. The van der Waals surface area contributed by atoms with Crippen molar-refractivity contribution >= 4 is 0 Å². The highest BCUT2D eigenvalue weighted by molar-refractivity contribution is 5.33. The van der Waals surface area contributed by atoms with Crippen molar-refractivity contribution in [2.45, 2.75) is 197 Å². The zero-order valence-electron chi connectivity index (χ0n) is 33.6. The SMILES string of the molecule is CC(C)(O)[C@@H]1CC[C@](C)([C@H]2[C@@H](O)C[C@@]3(C)[C@@H]4C[C@H](OC5O[C@H](CO)[C@@H](O)[C@H](O)[C@H]5O)[C@H]5C(C)(C)C(O[C@@H]6OC[C@@H](O)[C@H](O)[C@H]6O)CCC56CC46CC[C@]23C)O1. The number of aliphatic hydroxyl groups excluding tert-OH is 8. The van der Waals surface area contributed by atoms with Gasteiger partial charge in [0.05, 0.1) is 48.8 Å². The Morgan fingerprint density at radius 1 is 0.709 bits per heavy atom. The van der Waals surface area contributed by atoms with Crippen LogP contribution in [0.4, 0.5) is 0 Å². The third-order valence-corrected chi connectivity index (χ3v) is 17.6. The van der Waals surface area contributed by atoms with Crippen LogP contribution < -0.4 is 0 Å². The molecule has 316 valence electrons. The molecule has 3 saturated heterocycles. The summed E-state index contributed by atoms with van der Waals surface area (Å²) >= 11 is 0. The van der Waals surface area contributed by atoms with Crippen LogP contribution in [-0.2, 0) is 23.7 Å². The van der Waals surface area contributed by atoms with Gasteiger partial charge >= 0.3 is 0 Å². The molecule has 3 aliphatic heterocycles. The number of hydrogen-bond donors (Lipinski definition) is 9. The molecule has 55 heavy (non-hydrogen) atoms. The van der Waals surface area contributed by atoms with Gasteiger partial charge in [-0.3, -0.25) is 0 Å². The van der Waals surface area contributed by atoms with Crippen molar-refractivity contribution in [1.82, 2.24) is 0 Å². The van der Waals surface area contributed by atoms with E-state index in [0.29, 0.717) is 25.7 Å². The van der Waals surface area contributed by atoms with Crippen LogP contribution in [0.2, 0.25) is 0 Å². The van der Waals surface area contributed by atoms with E-state index in [-0.39, 0.29) is 52.1 Å². The Kier molecular flexibility index (Phi) is 9.90. The van der Waals surface area contributed by atoms with Gasteiger partial charge in [0.25, 0.3) is 0 Å². The maximum Gasteiger partial charge on any atom is 0.186 e. The second-order valence-electron chi connectivity index (χ2n) is 21.1. The summed E-state index contributed by atoms with van der Waals surface area (Å²) < 4.78 is 31.9. The molecule has 0 aromatic rings. The first-order valence-electron chi connectivity index (χ1n) is 20.9. The lowest BCUT2D eigenvalue weighted by Gasteiger charge is -2.65. The van der Waals surface area contributed by atoms with Crippen molar-refractivity contribution in [3.63, 3.8) is 0 Å². The van der Waals surface area contributed by atoms with Gasteiger partial charge < -0.3 is 69.6 Å². The van der Waals surface area contributed by atoms with Crippen molar-refractivity contribution < 1.29 is 69.6 Å². The second-order valence-corrected chi connectivity index (χ2v) is 21.1. The van der Waals surface area contributed by atoms with Crippen molar-refractivity contribution in [2.24, 2.45) is 44.8 Å². The number of ether oxygens (including phenoxy) is 5. The average Bonchev–Trinajstić information content (AvgIpc) is 3.47. The van der Waals surface area contributed by atoms with Crippen molar-refractivity contribution in [3.8, 4) is 0 Å². The molecule has 0 aromatic carbocycles. The van der Waals surface area contributed by atoms with E-state index in [1.54, 1.807) is 13.8 Å². The topological polar surface area (TPSA) is 228 Å². The number of rotatable bonds is 7. The lowest BCUT2D eigenvalue weighted by atomic mass is 9.41. The van der Waals surface area contributed by atoms with Crippen LogP contribution in [0.1, 0.15) is 106 Å². The van der Waals surface area contributed by atoms with E-state index in [1.807, 2.05) is 0 Å². The molecule has 0 aromatic heterocycles. The molecule has 14 nitrogen and oxygen atoms in total. The quantitative estimate of drug-likeness (QED) is 0.162. The highest BCUT2D eigenvalue weighted by Crippen LogP contribution is 2.89. The molecular formula is C41H68O14. The summed E-state index contributed by atoms with van der Waals surface area (Å²) in [5.74, 6) is -0.215. The minimum atomic E-state index is -1.60. The normalized spacial score (nSPS) is 58.7. The van der Waals surface area contributed by atoms with E-state index in [4.69, 9.17) is 23.7 Å². The predicted molar refractivity (Wildman–Crippen MR) is 194 cm³/mol. The van der Waals surface area contributed by atoms with Gasteiger partial charge in [0.15, 0.2) is 12.6 Å². The van der Waals surface area contributed by atoms with Crippen LogP contribution in [0.3, 0.4) is 0 Å². The molecule has 8 fully saturated rings. The molecule has 9 N–H and O–H groups in total. The van der Waals surface area contributed by atoms with E-state index in [2.05, 4.69) is 34.6 Å². The van der Waals surface area contributed by atoms with Crippen LogP contribution in [0.25, 0.3) is 0 Å². The molecule has 14 heteroatoms. The Bertz CT molecular complexity index is 1460. The molecule has 8 rings (SSSR count). The van der Waals surface area contributed by atoms with Crippen LogP contribution in [0, 0.1) is 44.8 Å². The zero-order valence-corrected chi connectivity index (χ0v) is 33.6. The Morgan fingerprint density at radius 2 is 1.40 bits per heavy atom. The van der Waals surface area contributed by atoms with E-state index in [0.717, 1.165) is 32.1 Å². The van der Waals surface area contributed by atoms with Crippen LogP contribution in [-0.4, -0.2) is 150 Å². The lowest BCUT2D eigenvalue weighted by Crippen LogP contribution is -2.65. The summed E-state index contributed by atoms with van der Waals surface area (Å²) in [5.41, 5.74) is -3.16.